The number of amides is 1. The Morgan fingerprint density at radius 1 is 0.468 bits per heavy atom. The predicted molar refractivity (Wildman–Crippen MR) is 331 cm³/mol. The summed E-state index contributed by atoms with van der Waals surface area (Å²) in [7, 11) is 1.12. The number of hydrogen-bond acceptors (Lipinski definition) is 7. The molecule has 9 nitrogen and oxygen atoms in total. The number of unbranched alkanes of at least 4 members (excludes halogenated alkanes) is 39. The summed E-state index contributed by atoms with van der Waals surface area (Å²) in [5.41, 5.74) is 0. The van der Waals surface area contributed by atoms with Gasteiger partial charge in [-0.1, -0.05) is 281 Å². The van der Waals surface area contributed by atoms with Gasteiger partial charge >= 0.3 is 0 Å². The molecule has 0 aliphatic carbocycles. The molecule has 3 N–H and O–H groups in total. The number of phosphoric ester groups is 1. The van der Waals surface area contributed by atoms with Gasteiger partial charge in [-0.2, -0.15) is 0 Å². The molecule has 0 radical (unpaired) electrons. The van der Waals surface area contributed by atoms with Crippen LogP contribution >= 0.6 is 7.82 Å². The van der Waals surface area contributed by atoms with Crippen LogP contribution in [-0.2, 0) is 18.4 Å². The van der Waals surface area contributed by atoms with E-state index in [0.29, 0.717) is 30.3 Å². The van der Waals surface area contributed by atoms with E-state index < -0.39 is 32.7 Å². The fourth-order valence-corrected chi connectivity index (χ4v) is 10.6. The lowest BCUT2D eigenvalue weighted by Crippen LogP contribution is -2.51. The van der Waals surface area contributed by atoms with E-state index in [-0.39, 0.29) is 18.9 Å². The summed E-state index contributed by atoms with van der Waals surface area (Å²) in [4.78, 5) is 25.6. The molecule has 0 bridgehead atoms. The smallest absolute Gasteiger partial charge is 0.268 e. The van der Waals surface area contributed by atoms with Gasteiger partial charge in [0, 0.05) is 6.42 Å². The molecule has 0 aromatic heterocycles. The molecule has 0 rings (SSSR count). The minimum atomic E-state index is -4.68. The van der Waals surface area contributed by atoms with Crippen molar-refractivity contribution >= 4 is 13.7 Å². The first-order valence-electron chi connectivity index (χ1n) is 33.1. The van der Waals surface area contributed by atoms with Gasteiger partial charge in [-0.05, 0) is 77.0 Å². The van der Waals surface area contributed by atoms with Crippen LogP contribution in [0.1, 0.15) is 316 Å². The molecule has 454 valence electrons. The molecule has 0 spiro atoms. The van der Waals surface area contributed by atoms with Crippen molar-refractivity contribution in [1.29, 1.82) is 0 Å². The van der Waals surface area contributed by atoms with Crippen LogP contribution in [-0.4, -0.2) is 79.8 Å². The second kappa shape index (κ2) is 57.6. The zero-order chi connectivity index (χ0) is 56.4. The van der Waals surface area contributed by atoms with E-state index in [9.17, 15) is 24.5 Å². The van der Waals surface area contributed by atoms with Crippen molar-refractivity contribution in [3.63, 3.8) is 0 Å². The van der Waals surface area contributed by atoms with Gasteiger partial charge in [-0.3, -0.25) is 9.36 Å². The molecular formula is C67H129N2O7P. The van der Waals surface area contributed by atoms with Gasteiger partial charge in [0.2, 0.25) is 5.91 Å². The molecule has 0 aromatic rings. The van der Waals surface area contributed by atoms with Crippen molar-refractivity contribution in [2.75, 3.05) is 40.9 Å². The number of carbonyl (C=O) groups excluding carboxylic acids is 1. The molecule has 1 amide bonds. The molecule has 0 saturated carbocycles. The number of quaternary nitrogens is 1. The Kier molecular flexibility index (Phi) is 56.5. The lowest BCUT2D eigenvalue weighted by molar-refractivity contribution is -0.870. The molecule has 4 unspecified atom stereocenters. The van der Waals surface area contributed by atoms with E-state index in [4.69, 9.17) is 9.05 Å². The summed E-state index contributed by atoms with van der Waals surface area (Å²) in [6, 6.07) is -1.09. The average Bonchev–Trinajstić information content (AvgIpc) is 3.39. The van der Waals surface area contributed by atoms with Crippen LogP contribution < -0.4 is 10.2 Å². The molecule has 0 fully saturated rings. The second-order valence-electron chi connectivity index (χ2n) is 24.0. The average molecular weight is 1110 g/mol. The molecular weight excluding hydrogens is 976 g/mol. The first kappa shape index (κ1) is 75.4. The quantitative estimate of drug-likeness (QED) is 0.0239. The molecule has 0 aliphatic heterocycles. The highest BCUT2D eigenvalue weighted by molar-refractivity contribution is 7.45. The summed E-state index contributed by atoms with van der Waals surface area (Å²) >= 11 is 0. The lowest BCUT2D eigenvalue weighted by Gasteiger charge is -2.31. The van der Waals surface area contributed by atoms with Crippen molar-refractivity contribution in [3.8, 4) is 0 Å². The Hall–Kier alpha value is -1.58. The predicted octanol–water partition coefficient (Wildman–Crippen LogP) is 19.0. The monoisotopic (exact) mass is 1100 g/mol. The number of nitrogens with zero attached hydrogens (tertiary/aromatic N) is 1. The Morgan fingerprint density at radius 3 is 1.14 bits per heavy atom. The van der Waals surface area contributed by atoms with Crippen LogP contribution in [0, 0.1) is 0 Å². The number of aliphatic hydroxyl groups is 2. The largest absolute Gasteiger partial charge is 0.756 e. The summed E-state index contributed by atoms with van der Waals surface area (Å²) in [6.45, 7) is 4.42. The lowest BCUT2D eigenvalue weighted by atomic mass is 10.0. The number of hydrogen-bond donors (Lipinski definition) is 3. The van der Waals surface area contributed by atoms with Gasteiger partial charge in [-0.25, -0.2) is 0 Å². The van der Waals surface area contributed by atoms with Crippen LogP contribution in [0.3, 0.4) is 0 Å². The number of carbonyl (C=O) groups is 1. The SMILES string of the molecule is CCCCCCC/C=C\C/C=C\C/C=C\CCCCCCCCCCCCCCCCCCCCCCCCCCCCC(=O)NC(COP(=O)([O-])OCC[N+](C)(C)C)C(O)C(O)CCC/C=C/CCCCCCCCC. The number of aliphatic hydroxyl groups excluding tert-OH is 2. The van der Waals surface area contributed by atoms with Gasteiger partial charge in [0.1, 0.15) is 19.3 Å². The Labute approximate surface area is 478 Å². The van der Waals surface area contributed by atoms with Gasteiger partial charge in [0.15, 0.2) is 0 Å². The van der Waals surface area contributed by atoms with Crippen LogP contribution in [0.2, 0.25) is 0 Å². The van der Waals surface area contributed by atoms with E-state index in [2.05, 4.69) is 67.8 Å². The highest BCUT2D eigenvalue weighted by atomic mass is 31.2. The van der Waals surface area contributed by atoms with E-state index in [0.717, 1.165) is 38.5 Å². The summed E-state index contributed by atoms with van der Waals surface area (Å²) in [5, 5.41) is 24.7. The Morgan fingerprint density at radius 2 is 0.779 bits per heavy atom. The van der Waals surface area contributed by atoms with Crippen LogP contribution in [0.4, 0.5) is 0 Å². The number of phosphoric acid groups is 1. The van der Waals surface area contributed by atoms with Crippen molar-refractivity contribution in [1.82, 2.24) is 5.32 Å². The van der Waals surface area contributed by atoms with Crippen molar-refractivity contribution in [2.24, 2.45) is 0 Å². The maximum absolute atomic E-state index is 13.0. The van der Waals surface area contributed by atoms with Crippen LogP contribution in [0.25, 0.3) is 0 Å². The number of likely N-dealkylation sites (N-methyl/N-ethyl adjacent to an activating group) is 1. The van der Waals surface area contributed by atoms with Crippen molar-refractivity contribution < 1.29 is 38.0 Å². The number of nitrogens with one attached hydrogen (secondary N) is 1. The van der Waals surface area contributed by atoms with Crippen LogP contribution in [0.15, 0.2) is 48.6 Å². The molecule has 0 aliphatic rings. The molecule has 0 saturated heterocycles. The molecule has 0 aromatic carbocycles. The highest BCUT2D eigenvalue weighted by Crippen LogP contribution is 2.38. The van der Waals surface area contributed by atoms with Crippen molar-refractivity contribution in [3.05, 3.63) is 48.6 Å². The molecule has 0 heterocycles. The van der Waals surface area contributed by atoms with E-state index in [1.807, 2.05) is 21.1 Å². The first-order valence-corrected chi connectivity index (χ1v) is 34.5. The second-order valence-corrected chi connectivity index (χ2v) is 25.4. The minimum absolute atomic E-state index is 0.0447. The fraction of sp³-hybridized carbons (Fsp3) is 0.866. The van der Waals surface area contributed by atoms with E-state index in [1.165, 1.54) is 238 Å². The first-order chi connectivity index (χ1) is 37.4. The zero-order valence-corrected chi connectivity index (χ0v) is 52.4. The van der Waals surface area contributed by atoms with E-state index in [1.54, 1.807) is 0 Å². The molecule has 10 heteroatoms. The third kappa shape index (κ3) is 58.9. The minimum Gasteiger partial charge on any atom is -0.756 e. The standard InChI is InChI=1S/C67H129N2O7P/c1-6-8-10-12-14-16-18-20-21-22-23-24-25-26-27-28-29-30-31-32-33-34-35-36-37-38-39-40-41-42-43-44-45-46-47-48-50-52-54-56-58-60-66(71)68-64(63-76-77(73,74)75-62-61-69(3,4)5)67(72)65(70)59-57-55-53-51-49-19-17-15-13-11-9-7-2/h18,20,22-23,25-26,51,53,64-65,67,70,72H,6-17,19,21,24,27-50,52,54-63H2,1-5H3,(H-,68,71,73,74)/b20-18-,23-22-,26-25-,53-51+. The Balaban J connectivity index is 3.90. The normalized spacial score (nSPS) is 14.4. The molecule has 4 atom stereocenters. The number of rotatable bonds is 61. The summed E-state index contributed by atoms with van der Waals surface area (Å²) in [5.74, 6) is -0.284. The van der Waals surface area contributed by atoms with E-state index >= 15 is 0 Å². The van der Waals surface area contributed by atoms with Gasteiger partial charge < -0.3 is 34.0 Å². The summed E-state index contributed by atoms with van der Waals surface area (Å²) < 4.78 is 23.3. The highest BCUT2D eigenvalue weighted by Gasteiger charge is 2.29. The van der Waals surface area contributed by atoms with Gasteiger partial charge in [-0.15, -0.1) is 0 Å². The molecule has 77 heavy (non-hydrogen) atoms. The van der Waals surface area contributed by atoms with Crippen LogP contribution in [0.5, 0.6) is 0 Å². The topological polar surface area (TPSA) is 128 Å². The number of allylic oxidation sites excluding steroid dienone is 8. The fourth-order valence-electron chi connectivity index (χ4n) is 9.91. The van der Waals surface area contributed by atoms with Gasteiger partial charge in [0.05, 0.1) is 39.9 Å². The van der Waals surface area contributed by atoms with Gasteiger partial charge in [0.25, 0.3) is 7.82 Å². The third-order valence-electron chi connectivity index (χ3n) is 15.1. The zero-order valence-electron chi connectivity index (χ0n) is 51.5. The Bertz CT molecular complexity index is 1410. The summed E-state index contributed by atoms with van der Waals surface area (Å²) in [6.07, 6.45) is 73.7. The van der Waals surface area contributed by atoms with Crippen molar-refractivity contribution in [2.45, 2.75) is 334 Å². The maximum atomic E-state index is 13.0. The maximum Gasteiger partial charge on any atom is 0.268 e. The third-order valence-corrected chi connectivity index (χ3v) is 16.1.